The Kier molecular flexibility index (Phi) is 10.4. The topological polar surface area (TPSA) is 56.5 Å². The molecule has 0 fully saturated rings. The van der Waals surface area contributed by atoms with Gasteiger partial charge in [-0.3, -0.25) is 0 Å². The van der Waals surface area contributed by atoms with Gasteiger partial charge in [-0.25, -0.2) is 4.98 Å². The van der Waals surface area contributed by atoms with Crippen LogP contribution >= 0.6 is 0 Å². The molecule has 2 aromatic carbocycles. The third kappa shape index (κ3) is 7.23. The van der Waals surface area contributed by atoms with E-state index in [0.29, 0.717) is 5.92 Å². The van der Waals surface area contributed by atoms with Crippen molar-refractivity contribution in [3.63, 3.8) is 0 Å². The van der Waals surface area contributed by atoms with Gasteiger partial charge in [0.05, 0.1) is 13.7 Å². The predicted molar refractivity (Wildman–Crippen MR) is 189 cm³/mol. The van der Waals surface area contributed by atoms with Crippen LogP contribution in [0.5, 0.6) is 0 Å². The van der Waals surface area contributed by atoms with Crippen LogP contribution in [-0.4, -0.2) is 32.6 Å². The van der Waals surface area contributed by atoms with Crippen LogP contribution in [0.4, 0.5) is 0 Å². The van der Waals surface area contributed by atoms with E-state index < -0.39 is 8.07 Å². The van der Waals surface area contributed by atoms with E-state index in [2.05, 4.69) is 115 Å². The zero-order chi connectivity index (χ0) is 31.4. The Morgan fingerprint density at radius 3 is 2.17 bits per heavy atom. The van der Waals surface area contributed by atoms with Crippen molar-refractivity contribution in [3.8, 4) is 33.6 Å². The molecule has 0 aliphatic rings. The third-order valence-electron chi connectivity index (χ3n) is 7.67. The standard InChI is InChI=1S/C28H29N4Si.C11H8N.Ir/c1-19(2)18-32-27-22(12-9-13-29-27)24-14-21(16-31-28(24)32)25-15-23(20-10-7-6-8-11-20)26(17-30-25)33(3,4)5;1-2-6-10(7-3-1)11-8-4-5-9-12-11;/h6-15,17,19H,18H2,1-5H3;1-6,8-9H;/q2*-1;. The first-order chi connectivity index (χ1) is 21.8. The van der Waals surface area contributed by atoms with E-state index in [1.807, 2.05) is 54.7 Å². The molecular formula is C39H37IrN5Si-2. The SMILES string of the molecule is CC(C)Cn1c2n[c-]c(-c3cc(-c4ccccc4)c([Si](C)(C)C)cn3)cc2c2cccnc21.[Ir].[c-]1ccccc1-c1ccccn1. The number of fused-ring (bicyclic) bond motifs is 3. The summed E-state index contributed by atoms with van der Waals surface area (Å²) in [5.41, 5.74) is 8.22. The number of pyridine rings is 4. The van der Waals surface area contributed by atoms with Gasteiger partial charge in [-0.1, -0.05) is 93.5 Å². The van der Waals surface area contributed by atoms with Gasteiger partial charge < -0.3 is 19.5 Å². The minimum atomic E-state index is -1.58. The number of aromatic nitrogens is 5. The summed E-state index contributed by atoms with van der Waals surface area (Å²) >= 11 is 0. The Labute approximate surface area is 286 Å². The predicted octanol–water partition coefficient (Wildman–Crippen LogP) is 8.86. The Balaban J connectivity index is 0.000000269. The number of nitrogens with zero attached hydrogens (tertiary/aromatic N) is 5. The van der Waals surface area contributed by atoms with Crippen LogP contribution in [0.1, 0.15) is 13.8 Å². The first-order valence-corrected chi connectivity index (χ1v) is 18.9. The van der Waals surface area contributed by atoms with E-state index in [4.69, 9.17) is 9.97 Å². The average molecular weight is 796 g/mol. The molecule has 0 unspecified atom stereocenters. The van der Waals surface area contributed by atoms with Crippen molar-refractivity contribution < 1.29 is 20.1 Å². The van der Waals surface area contributed by atoms with Gasteiger partial charge in [-0.2, -0.15) is 0 Å². The van der Waals surface area contributed by atoms with Crippen LogP contribution in [0.25, 0.3) is 55.7 Å². The fraction of sp³-hybridized carbons (Fsp3) is 0.179. The van der Waals surface area contributed by atoms with Gasteiger partial charge >= 0.3 is 0 Å². The summed E-state index contributed by atoms with van der Waals surface area (Å²) in [5, 5.41) is 3.59. The van der Waals surface area contributed by atoms with E-state index in [9.17, 15) is 0 Å². The molecule has 0 bridgehead atoms. The van der Waals surface area contributed by atoms with E-state index in [1.54, 1.807) is 6.20 Å². The van der Waals surface area contributed by atoms with Crippen LogP contribution in [0, 0.1) is 18.2 Å². The normalized spacial score (nSPS) is 11.3. The van der Waals surface area contributed by atoms with Crippen molar-refractivity contribution in [1.82, 2.24) is 24.5 Å². The fourth-order valence-electron chi connectivity index (χ4n) is 5.54. The number of hydrogen-bond donors (Lipinski definition) is 0. The first-order valence-electron chi connectivity index (χ1n) is 15.4. The molecule has 0 amide bonds. The molecule has 0 saturated heterocycles. The minimum Gasteiger partial charge on any atom is -0.350 e. The molecule has 5 heterocycles. The maximum absolute atomic E-state index is 4.88. The molecule has 0 spiro atoms. The van der Waals surface area contributed by atoms with E-state index in [1.165, 1.54) is 16.3 Å². The molecule has 7 rings (SSSR count). The molecule has 5 aromatic heterocycles. The van der Waals surface area contributed by atoms with Crippen molar-refractivity contribution in [2.24, 2.45) is 5.92 Å². The molecule has 5 nitrogen and oxygen atoms in total. The van der Waals surface area contributed by atoms with Gasteiger partial charge in [0.2, 0.25) is 0 Å². The maximum Gasteiger partial charge on any atom is 0.132 e. The van der Waals surface area contributed by atoms with Gasteiger partial charge in [0.1, 0.15) is 5.65 Å². The molecule has 233 valence electrons. The molecule has 46 heavy (non-hydrogen) atoms. The average Bonchev–Trinajstić information content (AvgIpc) is 3.37. The van der Waals surface area contributed by atoms with Crippen LogP contribution in [0.2, 0.25) is 19.6 Å². The Hall–Kier alpha value is -4.29. The summed E-state index contributed by atoms with van der Waals surface area (Å²) < 4.78 is 2.22. The van der Waals surface area contributed by atoms with Crippen molar-refractivity contribution in [1.29, 1.82) is 0 Å². The van der Waals surface area contributed by atoms with Crippen molar-refractivity contribution in [2.45, 2.75) is 40.0 Å². The molecule has 0 N–H and O–H groups in total. The largest absolute Gasteiger partial charge is 0.350 e. The van der Waals surface area contributed by atoms with Crippen molar-refractivity contribution >= 4 is 35.3 Å². The molecule has 0 atom stereocenters. The second kappa shape index (κ2) is 14.4. The van der Waals surface area contributed by atoms with Gasteiger partial charge in [0.15, 0.2) is 0 Å². The summed E-state index contributed by atoms with van der Waals surface area (Å²) in [6.07, 6.45) is 9.00. The number of rotatable bonds is 6. The number of hydrogen-bond acceptors (Lipinski definition) is 4. The Bertz CT molecular complexity index is 2000. The maximum atomic E-state index is 4.88. The molecule has 0 saturated carbocycles. The number of benzene rings is 2. The van der Waals surface area contributed by atoms with E-state index >= 15 is 0 Å². The van der Waals surface area contributed by atoms with Crippen molar-refractivity contribution in [3.05, 3.63) is 128 Å². The van der Waals surface area contributed by atoms with Gasteiger partial charge in [-0.05, 0) is 51.9 Å². The molecule has 7 aromatic rings. The van der Waals surface area contributed by atoms with Crippen molar-refractivity contribution in [2.75, 3.05) is 0 Å². The third-order valence-corrected chi connectivity index (χ3v) is 9.68. The Morgan fingerprint density at radius 1 is 0.717 bits per heavy atom. The van der Waals surface area contributed by atoms with Crippen LogP contribution in [0.15, 0.2) is 116 Å². The smallest absolute Gasteiger partial charge is 0.132 e. The molecule has 7 heteroatoms. The summed E-state index contributed by atoms with van der Waals surface area (Å²) in [5.74, 6) is 0.497. The summed E-state index contributed by atoms with van der Waals surface area (Å²) in [4.78, 5) is 18.6. The van der Waals surface area contributed by atoms with E-state index in [0.717, 1.165) is 51.1 Å². The van der Waals surface area contributed by atoms with Gasteiger partial charge in [-0.15, -0.1) is 47.5 Å². The second-order valence-corrected chi connectivity index (χ2v) is 17.7. The molecule has 0 aliphatic heterocycles. The molecule has 1 radical (unpaired) electrons. The summed E-state index contributed by atoms with van der Waals surface area (Å²) in [6.45, 7) is 12.4. The monoisotopic (exact) mass is 796 g/mol. The second-order valence-electron chi connectivity index (χ2n) is 12.6. The first kappa shape index (κ1) is 33.1. The Morgan fingerprint density at radius 2 is 1.48 bits per heavy atom. The zero-order valence-corrected chi connectivity index (χ0v) is 30.2. The summed E-state index contributed by atoms with van der Waals surface area (Å²) in [6, 6.07) is 35.9. The van der Waals surface area contributed by atoms with Gasteiger partial charge in [0.25, 0.3) is 0 Å². The van der Waals surface area contributed by atoms with Crippen LogP contribution in [0.3, 0.4) is 0 Å². The minimum absolute atomic E-state index is 0. The van der Waals surface area contributed by atoms with Crippen LogP contribution < -0.4 is 5.19 Å². The van der Waals surface area contributed by atoms with E-state index in [-0.39, 0.29) is 20.1 Å². The zero-order valence-electron chi connectivity index (χ0n) is 26.8. The van der Waals surface area contributed by atoms with Gasteiger partial charge in [0, 0.05) is 50.6 Å². The quantitative estimate of drug-likeness (QED) is 0.125. The fourth-order valence-corrected chi connectivity index (χ4v) is 7.02. The van der Waals surface area contributed by atoms with Crippen LogP contribution in [-0.2, 0) is 26.7 Å². The molecule has 0 aliphatic carbocycles. The molecular weight excluding hydrogens is 759 g/mol. The summed E-state index contributed by atoms with van der Waals surface area (Å²) in [7, 11) is -1.58.